The molecule has 6 amide bonds. The van der Waals surface area contributed by atoms with Crippen molar-refractivity contribution in [2.75, 3.05) is 26.2 Å². The monoisotopic (exact) mass is 1070 g/mol. The van der Waals surface area contributed by atoms with Crippen molar-refractivity contribution in [1.82, 2.24) is 35.8 Å². The molecular formula is C55H79FN10O9S. The van der Waals surface area contributed by atoms with Gasteiger partial charge in [-0.3, -0.25) is 33.8 Å². The molecule has 0 unspecified atom stereocenters. The van der Waals surface area contributed by atoms with Crippen LogP contribution in [0.15, 0.2) is 59.5 Å². The number of carbonyl (C=O) groups is 6. The lowest BCUT2D eigenvalue weighted by Crippen LogP contribution is -2.67. The van der Waals surface area contributed by atoms with Crippen LogP contribution >= 0.6 is 0 Å². The SMILES string of the molecule is C=CCCCNC(=O)[C@@H]1CCCN1C(=O)[C@H](CCCN=C(N)NS(=O)(=O)c1c(C)c(C)c2c(c1C)CC(C)(C)O2)NC(=O)C1(NC(=O)[C@@H]2CCCN2C(=O)[C@H](Cc2ccccc2F)NC(=O)[C@@H](N)CCCC=C)CCC1. The van der Waals surface area contributed by atoms with Crippen LogP contribution in [-0.2, 0) is 51.6 Å². The van der Waals surface area contributed by atoms with Gasteiger partial charge in [-0.2, -0.15) is 0 Å². The number of likely N-dealkylation sites (tertiary alicyclic amines) is 2. The highest BCUT2D eigenvalue weighted by atomic mass is 32.2. The summed E-state index contributed by atoms with van der Waals surface area (Å²) in [4.78, 5) is 92.0. The van der Waals surface area contributed by atoms with Gasteiger partial charge < -0.3 is 47.3 Å². The number of nitrogens with one attached hydrogen (secondary N) is 5. The Bertz CT molecular complexity index is 2670. The Morgan fingerprint density at radius 2 is 1.49 bits per heavy atom. The summed E-state index contributed by atoms with van der Waals surface area (Å²) < 4.78 is 51.4. The number of benzene rings is 2. The highest BCUT2D eigenvalue weighted by Crippen LogP contribution is 2.44. The van der Waals surface area contributed by atoms with Crippen molar-refractivity contribution in [2.45, 2.75) is 184 Å². The molecule has 76 heavy (non-hydrogen) atoms. The molecule has 5 atom stereocenters. The van der Waals surface area contributed by atoms with Crippen LogP contribution in [0.2, 0.25) is 0 Å². The number of hydrogen-bond donors (Lipinski definition) is 7. The van der Waals surface area contributed by atoms with Gasteiger partial charge in [0.1, 0.15) is 46.9 Å². The second-order valence-electron chi connectivity index (χ2n) is 21.3. The number of carbonyl (C=O) groups excluding carboxylic acids is 6. The summed E-state index contributed by atoms with van der Waals surface area (Å²) in [5.74, 6) is -3.49. The van der Waals surface area contributed by atoms with E-state index in [4.69, 9.17) is 16.2 Å². The van der Waals surface area contributed by atoms with E-state index >= 15 is 4.39 Å². The number of ether oxygens (including phenoxy) is 1. The van der Waals surface area contributed by atoms with Crippen LogP contribution in [0.3, 0.4) is 0 Å². The zero-order valence-corrected chi connectivity index (χ0v) is 45.7. The van der Waals surface area contributed by atoms with Gasteiger partial charge >= 0.3 is 0 Å². The second-order valence-corrected chi connectivity index (χ2v) is 22.9. The van der Waals surface area contributed by atoms with E-state index in [-0.39, 0.29) is 80.5 Å². The molecule has 416 valence electrons. The molecule has 3 aliphatic heterocycles. The van der Waals surface area contributed by atoms with Crippen LogP contribution in [0.25, 0.3) is 0 Å². The van der Waals surface area contributed by atoms with Crippen LogP contribution in [-0.4, -0.2) is 127 Å². The number of nitrogens with two attached hydrogens (primary N) is 2. The minimum absolute atomic E-state index is 0.0122. The number of unbranched alkanes of at least 4 members (excludes halogenated alkanes) is 2. The van der Waals surface area contributed by atoms with Gasteiger partial charge in [0.05, 0.1) is 10.9 Å². The topological polar surface area (TPSA) is 277 Å². The average Bonchev–Trinajstić information content (AvgIpc) is 4.14. The largest absolute Gasteiger partial charge is 0.487 e. The molecule has 9 N–H and O–H groups in total. The highest BCUT2D eigenvalue weighted by molar-refractivity contribution is 7.90. The molecule has 2 aromatic rings. The average molecular weight is 1080 g/mol. The first-order valence-electron chi connectivity index (χ1n) is 26.7. The van der Waals surface area contributed by atoms with Gasteiger partial charge in [-0.15, -0.1) is 13.2 Å². The smallest absolute Gasteiger partial charge is 0.264 e. The van der Waals surface area contributed by atoms with Gasteiger partial charge in [0.15, 0.2) is 0 Å². The summed E-state index contributed by atoms with van der Waals surface area (Å²) in [6, 6.07) is 0.698. The van der Waals surface area contributed by atoms with Crippen molar-refractivity contribution < 1.29 is 46.3 Å². The molecule has 3 fully saturated rings. The van der Waals surface area contributed by atoms with Crippen LogP contribution in [0.4, 0.5) is 4.39 Å². The number of amides is 6. The molecule has 21 heteroatoms. The molecule has 3 heterocycles. The van der Waals surface area contributed by atoms with E-state index in [1.807, 2.05) is 20.8 Å². The molecule has 4 aliphatic rings. The summed E-state index contributed by atoms with van der Waals surface area (Å²) >= 11 is 0. The first kappa shape index (κ1) is 58.9. The minimum atomic E-state index is -4.20. The summed E-state index contributed by atoms with van der Waals surface area (Å²) in [5, 5.41) is 11.5. The molecule has 0 radical (unpaired) electrons. The maximum absolute atomic E-state index is 15.0. The second kappa shape index (κ2) is 25.7. The Morgan fingerprint density at radius 1 is 0.855 bits per heavy atom. The fraction of sp³-hybridized carbons (Fsp3) is 0.582. The zero-order chi connectivity index (χ0) is 55.5. The number of rotatable bonds is 25. The van der Waals surface area contributed by atoms with Crippen LogP contribution < -0.4 is 42.2 Å². The van der Waals surface area contributed by atoms with E-state index in [9.17, 15) is 37.2 Å². The Kier molecular flexibility index (Phi) is 19.9. The number of guanidine groups is 1. The van der Waals surface area contributed by atoms with E-state index < -0.39 is 86.7 Å². The van der Waals surface area contributed by atoms with Crippen LogP contribution in [0.5, 0.6) is 5.75 Å². The number of sulfonamides is 1. The van der Waals surface area contributed by atoms with Crippen LogP contribution in [0, 0.1) is 26.6 Å². The van der Waals surface area contributed by atoms with Gasteiger partial charge in [0.2, 0.25) is 41.4 Å². The lowest BCUT2D eigenvalue weighted by molar-refractivity contribution is -0.146. The molecule has 2 aromatic carbocycles. The highest BCUT2D eigenvalue weighted by Gasteiger charge is 2.50. The third kappa shape index (κ3) is 14.0. The Morgan fingerprint density at radius 3 is 2.12 bits per heavy atom. The molecule has 0 spiro atoms. The number of hydrogen-bond acceptors (Lipinski definition) is 11. The summed E-state index contributed by atoms with van der Waals surface area (Å²) in [7, 11) is -4.20. The normalized spacial score (nSPS) is 19.8. The van der Waals surface area contributed by atoms with E-state index in [2.05, 4.69) is 44.1 Å². The van der Waals surface area contributed by atoms with Crippen molar-refractivity contribution in [3.8, 4) is 5.75 Å². The number of fused-ring (bicyclic) bond motifs is 1. The van der Waals surface area contributed by atoms with Crippen molar-refractivity contribution in [2.24, 2.45) is 16.5 Å². The lowest BCUT2D eigenvalue weighted by atomic mass is 9.75. The molecular weight excluding hydrogens is 996 g/mol. The number of allylic oxidation sites excluding steroid dienone is 2. The third-order valence-corrected chi connectivity index (χ3v) is 16.8. The van der Waals surface area contributed by atoms with Gasteiger partial charge in [-0.05, 0) is 153 Å². The summed E-state index contributed by atoms with van der Waals surface area (Å²) in [6.45, 7) is 17.4. The van der Waals surface area contributed by atoms with Crippen molar-refractivity contribution in [3.05, 3.63) is 83.2 Å². The molecule has 0 bridgehead atoms. The van der Waals surface area contributed by atoms with Crippen molar-refractivity contribution in [1.29, 1.82) is 0 Å². The number of nitrogens with zero attached hydrogens (tertiary/aromatic N) is 3. The maximum atomic E-state index is 15.0. The molecule has 2 saturated heterocycles. The maximum Gasteiger partial charge on any atom is 0.264 e. The predicted molar refractivity (Wildman–Crippen MR) is 288 cm³/mol. The molecule has 1 aliphatic carbocycles. The van der Waals surface area contributed by atoms with Crippen LogP contribution in [0.1, 0.15) is 132 Å². The first-order chi connectivity index (χ1) is 36.0. The summed E-state index contributed by atoms with van der Waals surface area (Å²) in [6.07, 6.45) is 9.58. The minimum Gasteiger partial charge on any atom is -0.487 e. The standard InChI is InChI=1S/C55H79FN10O9S/c1-8-10-12-22-40(57)47(67)61-42(32-37-20-13-14-21-39(37)56)51(71)66-31-18-25-44(66)49(69)63-55(26-19-27-55)52(72)62-41(50(70)65-30-17-24-43(65)48(68)59-28-15-11-9-2)23-16-29-60-53(58)64-76(73,74)46-35(4)34(3)45-38(36(46)5)33-54(6,7)75-45/h8-9,13-14,20-21,40-44H,1-2,10-12,15-19,22-33,57H2,3-7H3,(H,59,68)(H,61,67)(H,62,72)(H,63,69)(H3,58,60,64)/t40-,41-,42-,43-,44-/m0/s1. The van der Waals surface area contributed by atoms with E-state index in [0.29, 0.717) is 93.2 Å². The van der Waals surface area contributed by atoms with Gasteiger partial charge in [-0.25, -0.2) is 17.5 Å². The Balaban J connectivity index is 1.18. The predicted octanol–water partition coefficient (Wildman–Crippen LogP) is 3.84. The zero-order valence-electron chi connectivity index (χ0n) is 44.9. The van der Waals surface area contributed by atoms with E-state index in [1.165, 1.54) is 28.0 Å². The van der Waals surface area contributed by atoms with Crippen molar-refractivity contribution in [3.63, 3.8) is 0 Å². The Labute approximate surface area is 447 Å². The Hall–Kier alpha value is -6.35. The molecule has 0 aromatic heterocycles. The summed E-state index contributed by atoms with van der Waals surface area (Å²) in [5.41, 5.74) is 13.3. The fourth-order valence-corrected chi connectivity index (χ4v) is 12.3. The lowest BCUT2D eigenvalue weighted by Gasteiger charge is -2.43. The fourth-order valence-electron chi connectivity index (χ4n) is 10.7. The third-order valence-electron chi connectivity index (χ3n) is 15.2. The molecule has 1 saturated carbocycles. The van der Waals surface area contributed by atoms with Crippen molar-refractivity contribution >= 4 is 51.4 Å². The number of halogens is 1. The quantitative estimate of drug-likeness (QED) is 0.0325. The van der Waals surface area contributed by atoms with Gasteiger partial charge in [0.25, 0.3) is 10.0 Å². The van der Waals surface area contributed by atoms with E-state index in [1.54, 1.807) is 32.1 Å². The van der Waals surface area contributed by atoms with Gasteiger partial charge in [0, 0.05) is 44.6 Å². The first-order valence-corrected chi connectivity index (χ1v) is 28.2. The number of aliphatic imine (C=N–C) groups is 1. The van der Waals surface area contributed by atoms with E-state index in [0.717, 1.165) is 5.56 Å². The molecule has 19 nitrogen and oxygen atoms in total. The molecule has 6 rings (SSSR count). The van der Waals surface area contributed by atoms with Gasteiger partial charge in [-0.1, -0.05) is 30.4 Å².